The van der Waals surface area contributed by atoms with Gasteiger partial charge in [-0.25, -0.2) is 0 Å². The van der Waals surface area contributed by atoms with E-state index in [-0.39, 0.29) is 0 Å². The van der Waals surface area contributed by atoms with Gasteiger partial charge in [-0.15, -0.1) is 0 Å². The van der Waals surface area contributed by atoms with Crippen molar-refractivity contribution in [3.05, 3.63) is 34.7 Å². The molecule has 0 bridgehead atoms. The van der Waals surface area contributed by atoms with E-state index < -0.39 is 0 Å². The van der Waals surface area contributed by atoms with Crippen LogP contribution >= 0.6 is 0 Å². The van der Waals surface area contributed by atoms with E-state index in [1.54, 1.807) is 0 Å². The molecule has 1 aromatic carbocycles. The van der Waals surface area contributed by atoms with Crippen molar-refractivity contribution in [1.29, 1.82) is 0 Å². The Hall–Kier alpha value is -1.24. The third kappa shape index (κ3) is 1.02. The number of hydrogen-bond donors (Lipinski definition) is 1. The average molecular weight is 159 g/mol. The highest BCUT2D eigenvalue weighted by Crippen LogP contribution is 2.00. The molecule has 0 saturated heterocycles. The van der Waals surface area contributed by atoms with Gasteiger partial charge in [0.1, 0.15) is 0 Å². The monoisotopic (exact) mass is 159 g/mol. The summed E-state index contributed by atoms with van der Waals surface area (Å²) in [4.78, 5) is 0. The highest BCUT2D eigenvalue weighted by atomic mass is 14.9. The minimum Gasteiger partial charge on any atom is -0.384 e. The van der Waals surface area contributed by atoms with Crippen LogP contribution in [0.4, 0.5) is 0 Å². The summed E-state index contributed by atoms with van der Waals surface area (Å²) in [6, 6.07) is 8.95. The van der Waals surface area contributed by atoms with E-state index in [0.717, 1.165) is 0 Å². The van der Waals surface area contributed by atoms with Crippen molar-refractivity contribution in [3.63, 3.8) is 0 Å². The maximum absolute atomic E-state index is 3.33. The summed E-state index contributed by atoms with van der Waals surface area (Å²) in [6.45, 7) is 4.37. The van der Waals surface area contributed by atoms with Crippen molar-refractivity contribution in [1.82, 2.24) is 5.32 Å². The lowest BCUT2D eigenvalue weighted by molar-refractivity contribution is 0.798. The fourth-order valence-electron chi connectivity index (χ4n) is 1.56. The topological polar surface area (TPSA) is 12.0 Å². The van der Waals surface area contributed by atoms with Gasteiger partial charge in [0.2, 0.25) is 0 Å². The minimum atomic E-state index is 0.472. The van der Waals surface area contributed by atoms with Gasteiger partial charge in [0.05, 0.1) is 0 Å². The molecule has 1 aromatic rings. The molecule has 62 valence electrons. The van der Waals surface area contributed by atoms with Crippen molar-refractivity contribution in [2.45, 2.75) is 19.9 Å². The number of benzene rings is 1. The van der Waals surface area contributed by atoms with Gasteiger partial charge in [0, 0.05) is 12.2 Å². The molecule has 1 aliphatic rings. The predicted molar refractivity (Wildman–Crippen MR) is 51.8 cm³/mol. The number of rotatable bonds is 0. The first-order valence-corrected chi connectivity index (χ1v) is 4.31. The molecule has 1 unspecified atom stereocenters. The molecule has 0 aromatic heterocycles. The normalized spacial score (nSPS) is 20.8. The van der Waals surface area contributed by atoms with E-state index >= 15 is 0 Å². The van der Waals surface area contributed by atoms with Crippen LogP contribution in [0.3, 0.4) is 0 Å². The van der Waals surface area contributed by atoms with Crippen LogP contribution in [0, 0.1) is 0 Å². The van der Waals surface area contributed by atoms with E-state index in [2.05, 4.69) is 49.6 Å². The van der Waals surface area contributed by atoms with Crippen molar-refractivity contribution in [3.8, 4) is 0 Å². The van der Waals surface area contributed by atoms with Crippen LogP contribution in [-0.4, -0.2) is 6.04 Å². The van der Waals surface area contributed by atoms with Gasteiger partial charge in [-0.2, -0.15) is 0 Å². The lowest BCUT2D eigenvalue weighted by Gasteiger charge is -2.16. The zero-order valence-electron chi connectivity index (χ0n) is 7.46. The fraction of sp³-hybridized carbons (Fsp3) is 0.273. The fourth-order valence-corrected chi connectivity index (χ4v) is 1.56. The number of hydrogen-bond acceptors (Lipinski definition) is 1. The van der Waals surface area contributed by atoms with Crippen LogP contribution in [0.5, 0.6) is 0 Å². The van der Waals surface area contributed by atoms with Crippen molar-refractivity contribution < 1.29 is 0 Å². The van der Waals surface area contributed by atoms with E-state index in [1.807, 2.05) is 0 Å². The molecule has 1 aliphatic heterocycles. The first-order valence-electron chi connectivity index (χ1n) is 4.31. The second-order valence-electron chi connectivity index (χ2n) is 3.30. The Balaban J connectivity index is 2.83. The summed E-state index contributed by atoms with van der Waals surface area (Å²) in [6.07, 6.45) is 2.09. The maximum atomic E-state index is 3.33. The molecule has 1 heterocycles. The van der Waals surface area contributed by atoms with E-state index in [4.69, 9.17) is 0 Å². The van der Waals surface area contributed by atoms with Gasteiger partial charge in [0.15, 0.2) is 0 Å². The van der Waals surface area contributed by atoms with Gasteiger partial charge >= 0.3 is 0 Å². The second-order valence-corrected chi connectivity index (χ2v) is 3.30. The zero-order valence-corrected chi connectivity index (χ0v) is 7.46. The van der Waals surface area contributed by atoms with Gasteiger partial charge in [-0.1, -0.05) is 24.3 Å². The molecule has 1 N–H and O–H groups in total. The molecular formula is C11H13N. The molecular weight excluding hydrogens is 146 g/mol. The van der Waals surface area contributed by atoms with Gasteiger partial charge in [-0.3, -0.25) is 0 Å². The van der Waals surface area contributed by atoms with Crippen LogP contribution < -0.4 is 15.8 Å². The largest absolute Gasteiger partial charge is 0.384 e. The number of nitrogens with one attached hydrogen (secondary N) is 1. The van der Waals surface area contributed by atoms with Crippen molar-refractivity contribution in [2.24, 2.45) is 0 Å². The maximum Gasteiger partial charge on any atom is 0.0446 e. The first-order chi connectivity index (χ1) is 5.79. The van der Waals surface area contributed by atoms with Crippen LogP contribution in [0.2, 0.25) is 0 Å². The van der Waals surface area contributed by atoms with Gasteiger partial charge in [-0.05, 0) is 29.9 Å². The van der Waals surface area contributed by atoms with Crippen LogP contribution in [-0.2, 0) is 0 Å². The molecule has 0 saturated carbocycles. The lowest BCUT2D eigenvalue weighted by atomic mass is 10.0. The van der Waals surface area contributed by atoms with Crippen LogP contribution in [0.25, 0.3) is 11.8 Å². The summed E-state index contributed by atoms with van der Waals surface area (Å²) in [7, 11) is 0. The molecule has 0 radical (unpaired) electrons. The highest BCUT2D eigenvalue weighted by molar-refractivity contribution is 5.53. The summed E-state index contributed by atoms with van der Waals surface area (Å²) >= 11 is 0. The van der Waals surface area contributed by atoms with Crippen LogP contribution in [0.15, 0.2) is 24.3 Å². The second kappa shape index (κ2) is 2.67. The summed E-state index contributed by atoms with van der Waals surface area (Å²) in [5.41, 5.74) is 1.42. The standard InChI is InChI=1S/C11H13N/c1-8-9(2)12-7-10-5-3-4-6-11(8)10/h3-7,9,12H,1-2H3. The smallest absolute Gasteiger partial charge is 0.0446 e. The molecule has 2 rings (SSSR count). The third-order valence-corrected chi connectivity index (χ3v) is 2.52. The van der Waals surface area contributed by atoms with Crippen molar-refractivity contribution >= 4 is 11.8 Å². The first kappa shape index (κ1) is 7.41. The Morgan fingerprint density at radius 3 is 2.83 bits per heavy atom. The molecule has 0 spiro atoms. The van der Waals surface area contributed by atoms with Gasteiger partial charge in [0.25, 0.3) is 0 Å². The molecule has 0 amide bonds. The molecule has 0 aliphatic carbocycles. The van der Waals surface area contributed by atoms with E-state index in [0.29, 0.717) is 6.04 Å². The SMILES string of the molecule is CC1=c2ccccc2=CNC1C. The summed E-state index contributed by atoms with van der Waals surface area (Å²) in [5, 5.41) is 6.00. The third-order valence-electron chi connectivity index (χ3n) is 2.52. The summed E-state index contributed by atoms with van der Waals surface area (Å²) in [5.74, 6) is 0. The summed E-state index contributed by atoms with van der Waals surface area (Å²) < 4.78 is 0. The van der Waals surface area contributed by atoms with E-state index in [9.17, 15) is 0 Å². The molecule has 1 atom stereocenters. The van der Waals surface area contributed by atoms with Crippen molar-refractivity contribution in [2.75, 3.05) is 0 Å². The molecule has 1 nitrogen and oxygen atoms in total. The molecule has 0 fully saturated rings. The Kier molecular flexibility index (Phi) is 1.65. The lowest BCUT2D eigenvalue weighted by Crippen LogP contribution is -2.40. The van der Waals surface area contributed by atoms with Gasteiger partial charge < -0.3 is 5.32 Å². The van der Waals surface area contributed by atoms with Crippen LogP contribution in [0.1, 0.15) is 13.8 Å². The molecule has 1 heteroatoms. The average Bonchev–Trinajstić information content (AvgIpc) is 2.12. The quantitative estimate of drug-likeness (QED) is 0.584. The Labute approximate surface area is 72.4 Å². The number of fused-ring (bicyclic) bond motifs is 1. The molecule has 12 heavy (non-hydrogen) atoms. The van der Waals surface area contributed by atoms with E-state index in [1.165, 1.54) is 16.0 Å². The Morgan fingerprint density at radius 1 is 1.25 bits per heavy atom. The highest BCUT2D eigenvalue weighted by Gasteiger charge is 2.05. The zero-order chi connectivity index (χ0) is 8.55. The Morgan fingerprint density at radius 2 is 2.00 bits per heavy atom. The minimum absolute atomic E-state index is 0.472. The predicted octanol–water partition coefficient (Wildman–Crippen LogP) is 0.587. The Bertz CT molecular complexity index is 403.